The Balaban J connectivity index is 1.82. The van der Waals surface area contributed by atoms with Crippen LogP contribution in [-0.2, 0) is 4.74 Å². The number of aryl methyl sites for hydroxylation is 1. The molecule has 3 aromatic rings. The molecule has 0 bridgehead atoms. The maximum Gasteiger partial charge on any atom is 0.255 e. The van der Waals surface area contributed by atoms with Gasteiger partial charge in [-0.1, -0.05) is 48.0 Å². The van der Waals surface area contributed by atoms with Gasteiger partial charge in [-0.05, 0) is 39.3 Å². The minimum atomic E-state index is -0.123. The maximum atomic E-state index is 12.8. The van der Waals surface area contributed by atoms with E-state index in [0.29, 0.717) is 24.4 Å². The standard InChI is InChI=1S/C23H27N3O2/c1-17(2)28-15-7-14-24-23(27)21-16-26(20-12-10-18(3)11-13-20)25-22(21)19-8-5-4-6-9-19/h4-6,8-13,16-17H,7,14-15H2,1-3H3,(H,24,27). The van der Waals surface area contributed by atoms with Crippen molar-refractivity contribution in [3.8, 4) is 16.9 Å². The molecule has 146 valence electrons. The lowest BCUT2D eigenvalue weighted by Crippen LogP contribution is -2.25. The van der Waals surface area contributed by atoms with E-state index in [1.807, 2.05) is 75.4 Å². The first-order valence-corrected chi connectivity index (χ1v) is 9.66. The van der Waals surface area contributed by atoms with Gasteiger partial charge in [0.15, 0.2) is 0 Å². The number of carbonyl (C=O) groups is 1. The molecule has 3 rings (SSSR count). The third-order valence-electron chi connectivity index (χ3n) is 4.36. The lowest BCUT2D eigenvalue weighted by molar-refractivity contribution is 0.0757. The van der Waals surface area contributed by atoms with Gasteiger partial charge in [-0.2, -0.15) is 5.10 Å². The Morgan fingerprint density at radius 2 is 1.82 bits per heavy atom. The summed E-state index contributed by atoms with van der Waals surface area (Å²) >= 11 is 0. The summed E-state index contributed by atoms with van der Waals surface area (Å²) in [5, 5.41) is 7.68. The third kappa shape index (κ3) is 5.08. The van der Waals surface area contributed by atoms with Crippen LogP contribution in [0.3, 0.4) is 0 Å². The molecule has 1 amide bonds. The minimum absolute atomic E-state index is 0.123. The largest absolute Gasteiger partial charge is 0.379 e. The summed E-state index contributed by atoms with van der Waals surface area (Å²) in [6.45, 7) is 7.25. The fourth-order valence-corrected chi connectivity index (χ4v) is 2.87. The number of hydrogen-bond acceptors (Lipinski definition) is 3. The summed E-state index contributed by atoms with van der Waals surface area (Å²) in [6.07, 6.45) is 2.78. The van der Waals surface area contributed by atoms with Crippen molar-refractivity contribution in [3.05, 3.63) is 71.9 Å². The molecule has 0 atom stereocenters. The predicted molar refractivity (Wildman–Crippen MR) is 112 cm³/mol. The number of ether oxygens (including phenoxy) is 1. The van der Waals surface area contributed by atoms with E-state index >= 15 is 0 Å². The van der Waals surface area contributed by atoms with E-state index in [1.54, 1.807) is 10.9 Å². The highest BCUT2D eigenvalue weighted by molar-refractivity contribution is 5.99. The van der Waals surface area contributed by atoms with Crippen molar-refractivity contribution in [2.24, 2.45) is 0 Å². The highest BCUT2D eigenvalue weighted by atomic mass is 16.5. The van der Waals surface area contributed by atoms with Crippen LogP contribution in [0, 0.1) is 6.92 Å². The normalized spacial score (nSPS) is 11.0. The van der Waals surface area contributed by atoms with Crippen LogP contribution >= 0.6 is 0 Å². The van der Waals surface area contributed by atoms with Crippen molar-refractivity contribution in [2.75, 3.05) is 13.2 Å². The smallest absolute Gasteiger partial charge is 0.255 e. The zero-order valence-electron chi connectivity index (χ0n) is 16.7. The van der Waals surface area contributed by atoms with Crippen molar-refractivity contribution in [1.29, 1.82) is 0 Å². The van der Waals surface area contributed by atoms with Crippen LogP contribution in [-0.4, -0.2) is 34.9 Å². The molecular weight excluding hydrogens is 350 g/mol. The Kier molecular flexibility index (Phi) is 6.61. The second-order valence-corrected chi connectivity index (χ2v) is 7.07. The second-order valence-electron chi connectivity index (χ2n) is 7.07. The molecular formula is C23H27N3O2. The Morgan fingerprint density at radius 3 is 2.50 bits per heavy atom. The van der Waals surface area contributed by atoms with Gasteiger partial charge in [-0.25, -0.2) is 4.68 Å². The van der Waals surface area contributed by atoms with Gasteiger partial charge in [0.1, 0.15) is 5.69 Å². The number of aromatic nitrogens is 2. The predicted octanol–water partition coefficient (Wildman–Crippen LogP) is 4.39. The van der Waals surface area contributed by atoms with E-state index in [-0.39, 0.29) is 12.0 Å². The highest BCUT2D eigenvalue weighted by Gasteiger charge is 2.18. The van der Waals surface area contributed by atoms with Crippen LogP contribution < -0.4 is 5.32 Å². The number of rotatable bonds is 8. The number of hydrogen-bond donors (Lipinski definition) is 1. The summed E-state index contributed by atoms with van der Waals surface area (Å²) in [6, 6.07) is 17.9. The van der Waals surface area contributed by atoms with Crippen molar-refractivity contribution in [1.82, 2.24) is 15.1 Å². The number of nitrogens with zero attached hydrogens (tertiary/aromatic N) is 2. The molecule has 1 heterocycles. The molecule has 0 unspecified atom stereocenters. The molecule has 2 aromatic carbocycles. The van der Waals surface area contributed by atoms with Crippen LogP contribution in [0.15, 0.2) is 60.8 Å². The van der Waals surface area contributed by atoms with Crippen molar-refractivity contribution >= 4 is 5.91 Å². The summed E-state index contributed by atoms with van der Waals surface area (Å²) in [7, 11) is 0. The molecule has 0 spiro atoms. The van der Waals surface area contributed by atoms with Gasteiger partial charge < -0.3 is 10.1 Å². The molecule has 1 aromatic heterocycles. The van der Waals surface area contributed by atoms with Crippen molar-refractivity contribution in [3.63, 3.8) is 0 Å². The molecule has 0 aliphatic rings. The lowest BCUT2D eigenvalue weighted by Gasteiger charge is -2.08. The summed E-state index contributed by atoms with van der Waals surface area (Å²) < 4.78 is 7.29. The van der Waals surface area contributed by atoms with Gasteiger partial charge in [0.2, 0.25) is 0 Å². The molecule has 5 heteroatoms. The molecule has 0 saturated carbocycles. The number of carbonyl (C=O) groups excluding carboxylic acids is 1. The van der Waals surface area contributed by atoms with Crippen LogP contribution in [0.25, 0.3) is 16.9 Å². The number of nitrogens with one attached hydrogen (secondary N) is 1. The zero-order valence-corrected chi connectivity index (χ0v) is 16.7. The van der Waals surface area contributed by atoms with Gasteiger partial charge in [-0.3, -0.25) is 4.79 Å². The molecule has 0 saturated heterocycles. The molecule has 0 fully saturated rings. The number of benzene rings is 2. The first kappa shape index (κ1) is 19.8. The lowest BCUT2D eigenvalue weighted by atomic mass is 10.1. The Morgan fingerprint density at radius 1 is 1.11 bits per heavy atom. The van der Waals surface area contributed by atoms with E-state index in [1.165, 1.54) is 5.56 Å². The molecule has 5 nitrogen and oxygen atoms in total. The third-order valence-corrected chi connectivity index (χ3v) is 4.36. The first-order valence-electron chi connectivity index (χ1n) is 9.66. The van der Waals surface area contributed by atoms with Crippen molar-refractivity contribution < 1.29 is 9.53 Å². The Hall–Kier alpha value is -2.92. The maximum absolute atomic E-state index is 12.8. The fourth-order valence-electron chi connectivity index (χ4n) is 2.87. The second kappa shape index (κ2) is 9.33. The van der Waals surface area contributed by atoms with E-state index in [4.69, 9.17) is 9.84 Å². The summed E-state index contributed by atoms with van der Waals surface area (Å²) in [4.78, 5) is 12.8. The zero-order chi connectivity index (χ0) is 19.9. The van der Waals surface area contributed by atoms with Gasteiger partial charge in [0.25, 0.3) is 5.91 Å². The summed E-state index contributed by atoms with van der Waals surface area (Å²) in [5.74, 6) is -0.123. The Bertz CT molecular complexity index is 899. The minimum Gasteiger partial charge on any atom is -0.379 e. The van der Waals surface area contributed by atoms with Crippen LogP contribution in [0.4, 0.5) is 0 Å². The van der Waals surface area contributed by atoms with Gasteiger partial charge in [0, 0.05) is 24.9 Å². The Labute approximate surface area is 166 Å². The fraction of sp³-hybridized carbons (Fsp3) is 0.304. The molecule has 28 heavy (non-hydrogen) atoms. The van der Waals surface area contributed by atoms with E-state index in [9.17, 15) is 4.79 Å². The molecule has 0 radical (unpaired) electrons. The highest BCUT2D eigenvalue weighted by Crippen LogP contribution is 2.23. The average molecular weight is 377 g/mol. The average Bonchev–Trinajstić information content (AvgIpc) is 3.14. The van der Waals surface area contributed by atoms with Gasteiger partial charge in [0.05, 0.1) is 17.4 Å². The van der Waals surface area contributed by atoms with E-state index in [2.05, 4.69) is 5.32 Å². The van der Waals surface area contributed by atoms with Gasteiger partial charge in [-0.15, -0.1) is 0 Å². The van der Waals surface area contributed by atoms with E-state index < -0.39 is 0 Å². The van der Waals surface area contributed by atoms with Gasteiger partial charge >= 0.3 is 0 Å². The first-order chi connectivity index (χ1) is 13.5. The van der Waals surface area contributed by atoms with Crippen molar-refractivity contribution in [2.45, 2.75) is 33.3 Å². The monoisotopic (exact) mass is 377 g/mol. The number of amides is 1. The SMILES string of the molecule is Cc1ccc(-n2cc(C(=O)NCCCOC(C)C)c(-c3ccccc3)n2)cc1. The molecule has 0 aliphatic heterocycles. The quantitative estimate of drug-likeness (QED) is 0.592. The van der Waals surface area contributed by atoms with E-state index in [0.717, 1.165) is 17.7 Å². The van der Waals surface area contributed by atoms with Crippen LogP contribution in [0.5, 0.6) is 0 Å². The van der Waals surface area contributed by atoms with Crippen LogP contribution in [0.2, 0.25) is 0 Å². The molecule has 1 N–H and O–H groups in total. The molecule has 0 aliphatic carbocycles. The summed E-state index contributed by atoms with van der Waals surface area (Å²) in [5.41, 5.74) is 4.27. The van der Waals surface area contributed by atoms with Crippen LogP contribution in [0.1, 0.15) is 36.2 Å². The topological polar surface area (TPSA) is 56.2 Å².